The van der Waals surface area contributed by atoms with Gasteiger partial charge in [-0.15, -0.1) is 0 Å². The second-order valence-electron chi connectivity index (χ2n) is 7.67. The van der Waals surface area contributed by atoms with Crippen LogP contribution in [-0.2, 0) is 16.1 Å². The van der Waals surface area contributed by atoms with Crippen LogP contribution in [0.25, 0.3) is 0 Å². The number of hydrogen-bond acceptors (Lipinski definition) is 5. The highest BCUT2D eigenvalue weighted by Crippen LogP contribution is 2.17. The Balaban J connectivity index is 1.52. The highest BCUT2D eigenvalue weighted by molar-refractivity contribution is 5.93. The van der Waals surface area contributed by atoms with E-state index in [2.05, 4.69) is 10.6 Å². The summed E-state index contributed by atoms with van der Waals surface area (Å²) in [6.45, 7) is 3.16. The SMILES string of the molecule is NCCCCC(NC(=O)Nc1ccc(OCc2ccccc2)cc1)C(=O)N1CCOCC1. The van der Waals surface area contributed by atoms with Gasteiger partial charge in [-0.2, -0.15) is 0 Å². The molecule has 32 heavy (non-hydrogen) atoms. The fourth-order valence-electron chi connectivity index (χ4n) is 3.46. The van der Waals surface area contributed by atoms with Crippen LogP contribution in [0.1, 0.15) is 24.8 Å². The van der Waals surface area contributed by atoms with Gasteiger partial charge in [0.05, 0.1) is 13.2 Å². The van der Waals surface area contributed by atoms with Gasteiger partial charge in [0.2, 0.25) is 5.91 Å². The van der Waals surface area contributed by atoms with Crippen molar-refractivity contribution in [2.75, 3.05) is 38.2 Å². The number of nitrogens with two attached hydrogens (primary N) is 1. The molecule has 0 aromatic heterocycles. The molecule has 1 unspecified atom stereocenters. The molecule has 172 valence electrons. The summed E-state index contributed by atoms with van der Waals surface area (Å²) < 4.78 is 11.1. The van der Waals surface area contributed by atoms with Crippen LogP contribution in [0.2, 0.25) is 0 Å². The van der Waals surface area contributed by atoms with E-state index in [9.17, 15) is 9.59 Å². The van der Waals surface area contributed by atoms with Crippen molar-refractivity contribution < 1.29 is 19.1 Å². The third kappa shape index (κ3) is 7.55. The number of anilines is 1. The van der Waals surface area contributed by atoms with Crippen LogP contribution in [0.3, 0.4) is 0 Å². The van der Waals surface area contributed by atoms with Crippen molar-refractivity contribution in [3.8, 4) is 5.75 Å². The molecule has 4 N–H and O–H groups in total. The highest BCUT2D eigenvalue weighted by atomic mass is 16.5. The fraction of sp³-hybridized carbons (Fsp3) is 0.417. The Morgan fingerprint density at radius 3 is 2.44 bits per heavy atom. The highest BCUT2D eigenvalue weighted by Gasteiger charge is 2.26. The molecular formula is C24H32N4O4. The molecule has 8 heteroatoms. The zero-order chi connectivity index (χ0) is 22.6. The summed E-state index contributed by atoms with van der Waals surface area (Å²) in [5, 5.41) is 5.62. The number of morpholine rings is 1. The Hall–Kier alpha value is -3.10. The molecule has 1 aliphatic rings. The third-order valence-electron chi connectivity index (χ3n) is 5.23. The van der Waals surface area contributed by atoms with E-state index in [0.717, 1.165) is 18.4 Å². The van der Waals surface area contributed by atoms with Crippen LogP contribution >= 0.6 is 0 Å². The van der Waals surface area contributed by atoms with Gasteiger partial charge in [0, 0.05) is 18.8 Å². The number of urea groups is 1. The number of unbranched alkanes of at least 4 members (excludes halogenated alkanes) is 1. The lowest BCUT2D eigenvalue weighted by molar-refractivity contribution is -0.137. The first-order valence-corrected chi connectivity index (χ1v) is 11.1. The van der Waals surface area contributed by atoms with Crippen LogP contribution < -0.4 is 21.1 Å². The van der Waals surface area contributed by atoms with Crippen LogP contribution in [0.5, 0.6) is 5.75 Å². The fourth-order valence-corrected chi connectivity index (χ4v) is 3.46. The maximum Gasteiger partial charge on any atom is 0.319 e. The Bertz CT molecular complexity index is 839. The standard InChI is InChI=1S/C24H32N4O4/c25-13-5-4-8-22(23(29)28-14-16-31-17-15-28)27-24(30)26-20-9-11-21(12-10-20)32-18-19-6-2-1-3-7-19/h1-3,6-7,9-12,22H,4-5,8,13-18,25H2,(H2,26,27,30). The van der Waals surface area contributed by atoms with E-state index < -0.39 is 12.1 Å². The van der Waals surface area contributed by atoms with Gasteiger partial charge >= 0.3 is 6.03 Å². The topological polar surface area (TPSA) is 106 Å². The molecule has 1 fully saturated rings. The minimum Gasteiger partial charge on any atom is -0.489 e. The molecule has 2 aromatic rings. The summed E-state index contributed by atoms with van der Waals surface area (Å²) in [5.41, 5.74) is 7.28. The third-order valence-corrected chi connectivity index (χ3v) is 5.23. The van der Waals surface area contributed by atoms with Gasteiger partial charge in [0.1, 0.15) is 18.4 Å². The smallest absolute Gasteiger partial charge is 0.319 e. The second kappa shape index (κ2) is 12.7. The number of benzene rings is 2. The summed E-state index contributed by atoms with van der Waals surface area (Å²) in [4.78, 5) is 27.2. The Morgan fingerprint density at radius 1 is 1.03 bits per heavy atom. The van der Waals surface area contributed by atoms with Crippen LogP contribution in [0, 0.1) is 0 Å². The number of ether oxygens (including phenoxy) is 2. The van der Waals surface area contributed by atoms with Crippen LogP contribution in [-0.4, -0.2) is 55.7 Å². The van der Waals surface area contributed by atoms with Crippen molar-refractivity contribution in [1.29, 1.82) is 0 Å². The number of amides is 3. The molecule has 3 amide bonds. The minimum atomic E-state index is -0.590. The first-order valence-electron chi connectivity index (χ1n) is 11.1. The van der Waals surface area contributed by atoms with Crippen LogP contribution in [0.15, 0.2) is 54.6 Å². The van der Waals surface area contributed by atoms with E-state index in [1.54, 1.807) is 29.2 Å². The van der Waals surface area contributed by atoms with E-state index in [0.29, 0.717) is 57.3 Å². The quantitative estimate of drug-likeness (QED) is 0.493. The van der Waals surface area contributed by atoms with Gasteiger partial charge in [0.15, 0.2) is 0 Å². The Labute approximate surface area is 189 Å². The van der Waals surface area contributed by atoms with Gasteiger partial charge in [0.25, 0.3) is 0 Å². The molecule has 0 saturated carbocycles. The van der Waals surface area contributed by atoms with E-state index >= 15 is 0 Å². The zero-order valence-electron chi connectivity index (χ0n) is 18.3. The molecule has 2 aromatic carbocycles. The van der Waals surface area contributed by atoms with Crippen molar-refractivity contribution in [2.24, 2.45) is 5.73 Å². The minimum absolute atomic E-state index is 0.0786. The summed E-state index contributed by atoms with van der Waals surface area (Å²) in [5.74, 6) is 0.632. The zero-order valence-corrected chi connectivity index (χ0v) is 18.3. The number of carbonyl (C=O) groups is 2. The van der Waals surface area contributed by atoms with E-state index in [1.165, 1.54) is 0 Å². The average Bonchev–Trinajstić information content (AvgIpc) is 2.84. The molecule has 0 bridgehead atoms. The van der Waals surface area contributed by atoms with Crippen molar-refractivity contribution in [3.63, 3.8) is 0 Å². The number of carbonyl (C=O) groups excluding carboxylic acids is 2. The lowest BCUT2D eigenvalue weighted by Gasteiger charge is -2.30. The van der Waals surface area contributed by atoms with Crippen molar-refractivity contribution in [3.05, 3.63) is 60.2 Å². The molecule has 1 atom stereocenters. The lowest BCUT2D eigenvalue weighted by atomic mass is 10.1. The van der Waals surface area contributed by atoms with Gasteiger partial charge in [-0.3, -0.25) is 4.79 Å². The predicted octanol–water partition coefficient (Wildman–Crippen LogP) is 2.74. The number of nitrogens with one attached hydrogen (secondary N) is 2. The number of nitrogens with zero attached hydrogens (tertiary/aromatic N) is 1. The summed E-state index contributed by atoms with van der Waals surface area (Å²) in [6.07, 6.45) is 2.12. The first kappa shape index (κ1) is 23.6. The van der Waals surface area contributed by atoms with Gasteiger partial charge in [-0.05, 0) is 55.6 Å². The maximum absolute atomic E-state index is 12.9. The summed E-state index contributed by atoms with van der Waals surface area (Å²) >= 11 is 0. The largest absolute Gasteiger partial charge is 0.489 e. The Kier molecular flexibility index (Phi) is 9.34. The molecule has 1 aliphatic heterocycles. The van der Waals surface area contributed by atoms with Crippen molar-refractivity contribution >= 4 is 17.6 Å². The number of hydrogen-bond donors (Lipinski definition) is 3. The van der Waals surface area contributed by atoms with Gasteiger partial charge in [-0.25, -0.2) is 4.79 Å². The summed E-state index contributed by atoms with van der Waals surface area (Å²) in [6, 6.07) is 16.0. The van der Waals surface area contributed by atoms with Crippen molar-refractivity contribution in [1.82, 2.24) is 10.2 Å². The first-order chi connectivity index (χ1) is 15.7. The molecule has 1 heterocycles. The molecule has 0 aliphatic carbocycles. The maximum atomic E-state index is 12.9. The van der Waals surface area contributed by atoms with Crippen molar-refractivity contribution in [2.45, 2.75) is 31.9 Å². The molecule has 3 rings (SSSR count). The van der Waals surface area contributed by atoms with Gasteiger partial charge in [-0.1, -0.05) is 30.3 Å². The Morgan fingerprint density at radius 2 is 1.75 bits per heavy atom. The van der Waals surface area contributed by atoms with E-state index in [1.807, 2.05) is 30.3 Å². The molecule has 0 spiro atoms. The normalized spacial score (nSPS) is 14.5. The average molecular weight is 441 g/mol. The summed E-state index contributed by atoms with van der Waals surface area (Å²) in [7, 11) is 0. The second-order valence-corrected chi connectivity index (χ2v) is 7.67. The lowest BCUT2D eigenvalue weighted by Crippen LogP contribution is -2.52. The number of rotatable bonds is 10. The van der Waals surface area contributed by atoms with Gasteiger partial charge < -0.3 is 30.7 Å². The van der Waals surface area contributed by atoms with Crippen LogP contribution in [0.4, 0.5) is 10.5 Å². The molecular weight excluding hydrogens is 408 g/mol. The predicted molar refractivity (Wildman–Crippen MR) is 123 cm³/mol. The molecule has 8 nitrogen and oxygen atoms in total. The molecule has 0 radical (unpaired) electrons. The molecule has 1 saturated heterocycles. The van der Waals surface area contributed by atoms with E-state index in [4.69, 9.17) is 15.2 Å². The van der Waals surface area contributed by atoms with E-state index in [-0.39, 0.29) is 5.91 Å². The monoisotopic (exact) mass is 440 g/mol.